The number of nitrogens with one attached hydrogen (secondary N) is 1. The zero-order valence-electron chi connectivity index (χ0n) is 16.8. The van der Waals surface area contributed by atoms with Crippen LogP contribution in [0.25, 0.3) is 0 Å². The molecule has 1 fully saturated rings. The van der Waals surface area contributed by atoms with Crippen molar-refractivity contribution >= 4 is 12.1 Å². The molecule has 1 atom stereocenters. The molecule has 1 amide bonds. The van der Waals surface area contributed by atoms with E-state index in [0.717, 1.165) is 17.5 Å². The summed E-state index contributed by atoms with van der Waals surface area (Å²) in [6, 6.07) is 25.4. The van der Waals surface area contributed by atoms with Crippen LogP contribution in [0.15, 0.2) is 84.0 Å². The summed E-state index contributed by atoms with van der Waals surface area (Å²) in [5.41, 5.74) is 5.05. The molecule has 0 spiro atoms. The third kappa shape index (κ3) is 3.66. The van der Waals surface area contributed by atoms with E-state index in [-0.39, 0.29) is 23.0 Å². The smallest absolute Gasteiger partial charge is 0.244 e. The monoisotopic (exact) mass is 400 g/mol. The summed E-state index contributed by atoms with van der Waals surface area (Å²) in [6.45, 7) is 2.30. The molecule has 0 aliphatic heterocycles. The first-order valence-corrected chi connectivity index (χ1v) is 10.1. The van der Waals surface area contributed by atoms with Crippen LogP contribution in [0.5, 0.6) is 11.5 Å². The second kappa shape index (κ2) is 8.41. The van der Waals surface area contributed by atoms with Gasteiger partial charge in [0.05, 0.1) is 18.7 Å². The maximum Gasteiger partial charge on any atom is 0.244 e. The minimum absolute atomic E-state index is 0.00619. The van der Waals surface area contributed by atoms with Gasteiger partial charge < -0.3 is 9.84 Å². The van der Waals surface area contributed by atoms with E-state index < -0.39 is 0 Å². The van der Waals surface area contributed by atoms with Gasteiger partial charge in [0, 0.05) is 11.0 Å². The molecule has 30 heavy (non-hydrogen) atoms. The first-order chi connectivity index (χ1) is 14.7. The first-order valence-electron chi connectivity index (χ1n) is 10.1. The van der Waals surface area contributed by atoms with E-state index >= 15 is 0 Å². The lowest BCUT2D eigenvalue weighted by atomic mass is 9.85. The molecule has 0 unspecified atom stereocenters. The van der Waals surface area contributed by atoms with Crippen LogP contribution in [0.2, 0.25) is 0 Å². The van der Waals surface area contributed by atoms with Crippen LogP contribution in [0.4, 0.5) is 0 Å². The van der Waals surface area contributed by atoms with Gasteiger partial charge in [-0.05, 0) is 36.6 Å². The molecule has 0 bridgehead atoms. The van der Waals surface area contributed by atoms with Gasteiger partial charge in [0.2, 0.25) is 5.91 Å². The number of para-hydroxylation sites is 1. The number of hydrazone groups is 1. The van der Waals surface area contributed by atoms with Crippen molar-refractivity contribution in [1.82, 2.24) is 5.43 Å². The second-order valence-corrected chi connectivity index (χ2v) is 7.32. The maximum absolute atomic E-state index is 12.9. The highest BCUT2D eigenvalue weighted by Gasteiger charge is 2.60. The molecule has 1 aliphatic rings. The Morgan fingerprint density at radius 2 is 1.70 bits per heavy atom. The molecule has 5 nitrogen and oxygen atoms in total. The Balaban J connectivity index is 1.52. The molecule has 0 saturated heterocycles. The molecule has 0 radical (unpaired) electrons. The third-order valence-electron chi connectivity index (χ3n) is 5.56. The molecular weight excluding hydrogens is 376 g/mol. The van der Waals surface area contributed by atoms with E-state index in [1.807, 2.05) is 43.3 Å². The van der Waals surface area contributed by atoms with Crippen molar-refractivity contribution in [2.75, 3.05) is 6.61 Å². The molecule has 1 aliphatic carbocycles. The van der Waals surface area contributed by atoms with Gasteiger partial charge in [-0.1, -0.05) is 66.7 Å². The molecule has 4 rings (SSSR count). The number of carbonyl (C=O) groups excluding carboxylic acids is 1. The minimum Gasteiger partial charge on any atom is -0.504 e. The van der Waals surface area contributed by atoms with Crippen molar-refractivity contribution in [3.8, 4) is 11.5 Å². The molecule has 152 valence electrons. The number of carbonyl (C=O) groups is 1. The van der Waals surface area contributed by atoms with Crippen molar-refractivity contribution in [1.29, 1.82) is 0 Å². The summed E-state index contributed by atoms with van der Waals surface area (Å²) < 4.78 is 5.38. The Hall–Kier alpha value is -3.60. The highest BCUT2D eigenvalue weighted by molar-refractivity contribution is 5.89. The number of amides is 1. The number of ether oxygens (including phenoxy) is 1. The van der Waals surface area contributed by atoms with Gasteiger partial charge in [0.25, 0.3) is 0 Å². The van der Waals surface area contributed by atoms with Crippen molar-refractivity contribution < 1.29 is 14.6 Å². The van der Waals surface area contributed by atoms with Crippen LogP contribution in [-0.2, 0) is 10.2 Å². The van der Waals surface area contributed by atoms with Gasteiger partial charge in [-0.15, -0.1) is 0 Å². The van der Waals surface area contributed by atoms with Gasteiger partial charge in [-0.2, -0.15) is 5.10 Å². The van der Waals surface area contributed by atoms with Crippen LogP contribution in [0, 0.1) is 5.92 Å². The summed E-state index contributed by atoms with van der Waals surface area (Å²) in [4.78, 5) is 12.9. The van der Waals surface area contributed by atoms with Gasteiger partial charge in [0.15, 0.2) is 11.5 Å². The third-order valence-corrected chi connectivity index (χ3v) is 5.56. The van der Waals surface area contributed by atoms with Gasteiger partial charge in [-0.3, -0.25) is 4.79 Å². The largest absolute Gasteiger partial charge is 0.504 e. The molecule has 3 aromatic carbocycles. The van der Waals surface area contributed by atoms with Crippen LogP contribution in [0.1, 0.15) is 30.0 Å². The number of rotatable bonds is 7. The lowest BCUT2D eigenvalue weighted by Gasteiger charge is -2.18. The van der Waals surface area contributed by atoms with E-state index in [1.54, 1.807) is 18.2 Å². The Bertz CT molecular complexity index is 1010. The molecule has 2 N–H and O–H groups in total. The summed E-state index contributed by atoms with van der Waals surface area (Å²) in [5, 5.41) is 14.3. The normalized spacial score (nSPS) is 16.9. The van der Waals surface area contributed by atoms with Crippen molar-refractivity contribution in [3.63, 3.8) is 0 Å². The minimum atomic E-state index is -0.334. The summed E-state index contributed by atoms with van der Waals surface area (Å²) in [5.74, 6) is 0.0519. The lowest BCUT2D eigenvalue weighted by molar-refractivity contribution is -0.122. The van der Waals surface area contributed by atoms with Gasteiger partial charge in [0.1, 0.15) is 0 Å². The molecular formula is C25H24N2O3. The van der Waals surface area contributed by atoms with E-state index in [0.29, 0.717) is 17.9 Å². The fraction of sp³-hybridized carbons (Fsp3) is 0.200. The Kier molecular flexibility index (Phi) is 5.53. The number of phenolic OH excluding ortho intramolecular Hbond substituents is 1. The summed E-state index contributed by atoms with van der Waals surface area (Å²) >= 11 is 0. The number of hydrogen-bond donors (Lipinski definition) is 2. The van der Waals surface area contributed by atoms with Gasteiger partial charge >= 0.3 is 0 Å². The molecule has 1 saturated carbocycles. The quantitative estimate of drug-likeness (QED) is 0.460. The van der Waals surface area contributed by atoms with Crippen molar-refractivity contribution in [2.45, 2.75) is 18.8 Å². The standard InChI is InChI=1S/C25H24N2O3/c1-2-30-22-15-9-10-18(23(22)28)17-26-27-24(29)21-16-25(21,19-11-5-3-6-12-19)20-13-7-4-8-14-20/h3-15,17,21,28H,2,16H2,1H3,(H,27,29)/b26-17-/t21-/m0/s1. The predicted molar refractivity (Wildman–Crippen MR) is 117 cm³/mol. The Labute approximate surface area is 176 Å². The summed E-state index contributed by atoms with van der Waals surface area (Å²) in [6.07, 6.45) is 2.16. The van der Waals surface area contributed by atoms with Crippen LogP contribution < -0.4 is 10.2 Å². The second-order valence-electron chi connectivity index (χ2n) is 7.32. The maximum atomic E-state index is 12.9. The van der Waals surface area contributed by atoms with Crippen LogP contribution >= 0.6 is 0 Å². The average Bonchev–Trinajstić information content (AvgIpc) is 3.55. The Morgan fingerprint density at radius 3 is 2.30 bits per heavy atom. The average molecular weight is 400 g/mol. The Morgan fingerprint density at radius 1 is 1.07 bits per heavy atom. The van der Waals surface area contributed by atoms with E-state index in [9.17, 15) is 9.90 Å². The zero-order valence-corrected chi connectivity index (χ0v) is 16.8. The van der Waals surface area contributed by atoms with E-state index in [2.05, 4.69) is 34.8 Å². The zero-order chi connectivity index (χ0) is 21.0. The lowest BCUT2D eigenvalue weighted by Crippen LogP contribution is -2.25. The number of phenols is 1. The van der Waals surface area contributed by atoms with E-state index in [1.165, 1.54) is 6.21 Å². The van der Waals surface area contributed by atoms with Crippen LogP contribution in [0.3, 0.4) is 0 Å². The van der Waals surface area contributed by atoms with Gasteiger partial charge in [-0.25, -0.2) is 5.43 Å². The predicted octanol–water partition coefficient (Wildman–Crippen LogP) is 4.25. The highest BCUT2D eigenvalue weighted by Crippen LogP contribution is 2.58. The SMILES string of the molecule is CCOc1cccc(/C=N\NC(=O)[C@@H]2CC2(c2ccccc2)c2ccccc2)c1O. The topological polar surface area (TPSA) is 70.9 Å². The molecule has 3 aromatic rings. The fourth-order valence-electron chi connectivity index (χ4n) is 4.01. The number of benzene rings is 3. The fourth-order valence-corrected chi connectivity index (χ4v) is 4.01. The number of hydrogen-bond acceptors (Lipinski definition) is 4. The van der Waals surface area contributed by atoms with E-state index in [4.69, 9.17) is 4.74 Å². The van der Waals surface area contributed by atoms with Crippen molar-refractivity contribution in [3.05, 3.63) is 95.6 Å². The number of nitrogens with zero attached hydrogens (tertiary/aromatic N) is 1. The highest BCUT2D eigenvalue weighted by atomic mass is 16.5. The molecule has 0 aromatic heterocycles. The van der Waals surface area contributed by atoms with Crippen molar-refractivity contribution in [2.24, 2.45) is 11.0 Å². The molecule has 0 heterocycles. The number of aromatic hydroxyl groups is 1. The summed E-state index contributed by atoms with van der Waals surface area (Å²) in [7, 11) is 0. The molecule has 5 heteroatoms. The first kappa shape index (κ1) is 19.7. The van der Waals surface area contributed by atoms with Crippen LogP contribution in [-0.4, -0.2) is 23.8 Å².